The summed E-state index contributed by atoms with van der Waals surface area (Å²) in [6, 6.07) is 2.20. The number of nitrogens with one attached hydrogen (secondary N) is 1. The molecule has 1 aromatic rings. The molecule has 1 amide bonds. The first-order valence-electron chi connectivity index (χ1n) is 4.76. The monoisotopic (exact) mass is 209 g/mol. The maximum absolute atomic E-state index is 11.9. The highest BCUT2D eigenvalue weighted by molar-refractivity contribution is 8.00. The Bertz CT molecular complexity index is 351. The predicted octanol–water partition coefficient (Wildman–Crippen LogP) is 0.740. The van der Waals surface area contributed by atoms with Crippen LogP contribution in [0.4, 0.5) is 0 Å². The summed E-state index contributed by atoms with van der Waals surface area (Å²) < 4.78 is 0. The van der Waals surface area contributed by atoms with Crippen LogP contribution in [-0.4, -0.2) is 44.6 Å². The van der Waals surface area contributed by atoms with E-state index in [0.717, 1.165) is 12.3 Å². The SMILES string of the molecule is O=C(c1ccn[nH]1)N1C[C@H]2C[C@H]1CS2. The fourth-order valence-electron chi connectivity index (χ4n) is 2.18. The van der Waals surface area contributed by atoms with Gasteiger partial charge in [-0.2, -0.15) is 16.9 Å². The number of aromatic nitrogens is 2. The molecular formula is C9H11N3OS. The third kappa shape index (κ3) is 1.15. The highest BCUT2D eigenvalue weighted by atomic mass is 32.2. The molecule has 0 aromatic carbocycles. The van der Waals surface area contributed by atoms with Gasteiger partial charge in [0.15, 0.2) is 0 Å². The van der Waals surface area contributed by atoms with Gasteiger partial charge in [0.2, 0.25) is 0 Å². The minimum atomic E-state index is 0.107. The summed E-state index contributed by atoms with van der Waals surface area (Å²) in [7, 11) is 0. The normalized spacial score (nSPS) is 29.9. The summed E-state index contributed by atoms with van der Waals surface area (Å²) in [5, 5.41) is 7.20. The lowest BCUT2D eigenvalue weighted by atomic mass is 10.2. The molecule has 2 fully saturated rings. The van der Waals surface area contributed by atoms with Crippen LogP contribution < -0.4 is 0 Å². The largest absolute Gasteiger partial charge is 0.332 e. The van der Waals surface area contributed by atoms with Gasteiger partial charge in [0.05, 0.1) is 0 Å². The van der Waals surface area contributed by atoms with Crippen LogP contribution in [0.5, 0.6) is 0 Å². The molecule has 2 aliphatic heterocycles. The summed E-state index contributed by atoms with van der Waals surface area (Å²) in [6.45, 7) is 0.910. The maximum atomic E-state index is 11.9. The van der Waals surface area contributed by atoms with Gasteiger partial charge in [-0.3, -0.25) is 9.89 Å². The molecule has 3 heterocycles. The quantitative estimate of drug-likeness (QED) is 0.742. The Morgan fingerprint density at radius 3 is 3.21 bits per heavy atom. The van der Waals surface area contributed by atoms with E-state index >= 15 is 0 Å². The number of carbonyl (C=O) groups is 1. The number of likely N-dealkylation sites (tertiary alicyclic amines) is 1. The Balaban J connectivity index is 1.81. The Morgan fingerprint density at radius 1 is 1.71 bits per heavy atom. The van der Waals surface area contributed by atoms with E-state index in [1.165, 1.54) is 6.42 Å². The van der Waals surface area contributed by atoms with Crippen LogP contribution in [0.2, 0.25) is 0 Å². The summed E-state index contributed by atoms with van der Waals surface area (Å²) >= 11 is 1.99. The molecule has 0 spiro atoms. The molecule has 14 heavy (non-hydrogen) atoms. The average Bonchev–Trinajstić information content (AvgIpc) is 2.93. The van der Waals surface area contributed by atoms with Crippen molar-refractivity contribution in [3.8, 4) is 0 Å². The molecule has 0 unspecified atom stereocenters. The van der Waals surface area contributed by atoms with Crippen molar-refractivity contribution < 1.29 is 4.79 Å². The van der Waals surface area contributed by atoms with E-state index in [4.69, 9.17) is 0 Å². The molecule has 0 saturated carbocycles. The minimum Gasteiger partial charge on any atom is -0.332 e. The van der Waals surface area contributed by atoms with Gasteiger partial charge >= 0.3 is 0 Å². The Morgan fingerprint density at radius 2 is 2.64 bits per heavy atom. The van der Waals surface area contributed by atoms with Crippen LogP contribution in [0.15, 0.2) is 12.3 Å². The molecule has 0 radical (unpaired) electrons. The summed E-state index contributed by atoms with van der Waals surface area (Å²) in [5.41, 5.74) is 0.613. The van der Waals surface area contributed by atoms with Crippen molar-refractivity contribution in [3.63, 3.8) is 0 Å². The zero-order chi connectivity index (χ0) is 9.54. The van der Waals surface area contributed by atoms with Crippen molar-refractivity contribution in [2.24, 2.45) is 0 Å². The second kappa shape index (κ2) is 3.02. The number of hydrogen-bond donors (Lipinski definition) is 1. The molecule has 1 N–H and O–H groups in total. The van der Waals surface area contributed by atoms with Crippen molar-refractivity contribution in [2.45, 2.75) is 17.7 Å². The van der Waals surface area contributed by atoms with Gasteiger partial charge in [0, 0.05) is 29.8 Å². The van der Waals surface area contributed by atoms with E-state index in [1.807, 2.05) is 16.7 Å². The summed E-state index contributed by atoms with van der Waals surface area (Å²) in [4.78, 5) is 13.9. The van der Waals surface area contributed by atoms with Crippen LogP contribution in [0, 0.1) is 0 Å². The molecule has 4 nitrogen and oxygen atoms in total. The van der Waals surface area contributed by atoms with Gasteiger partial charge in [-0.05, 0) is 12.5 Å². The Labute approximate surface area is 86.1 Å². The molecule has 2 aliphatic rings. The number of nitrogens with zero attached hydrogens (tertiary/aromatic N) is 2. The highest BCUT2D eigenvalue weighted by Crippen LogP contribution is 2.37. The first kappa shape index (κ1) is 8.35. The number of H-pyrrole nitrogens is 1. The third-order valence-electron chi connectivity index (χ3n) is 2.89. The maximum Gasteiger partial charge on any atom is 0.272 e. The number of rotatable bonds is 1. The number of aromatic amines is 1. The highest BCUT2D eigenvalue weighted by Gasteiger charge is 2.41. The number of hydrogen-bond acceptors (Lipinski definition) is 3. The van der Waals surface area contributed by atoms with E-state index in [0.29, 0.717) is 17.0 Å². The van der Waals surface area contributed by atoms with Gasteiger partial charge < -0.3 is 4.90 Å². The van der Waals surface area contributed by atoms with Crippen molar-refractivity contribution in [3.05, 3.63) is 18.0 Å². The van der Waals surface area contributed by atoms with Crippen LogP contribution >= 0.6 is 11.8 Å². The van der Waals surface area contributed by atoms with Crippen molar-refractivity contribution in [2.75, 3.05) is 12.3 Å². The zero-order valence-electron chi connectivity index (χ0n) is 7.64. The summed E-state index contributed by atoms with van der Waals surface area (Å²) in [5.74, 6) is 1.21. The van der Waals surface area contributed by atoms with Gasteiger partial charge in [-0.1, -0.05) is 0 Å². The van der Waals surface area contributed by atoms with Crippen LogP contribution in [0.25, 0.3) is 0 Å². The molecule has 2 saturated heterocycles. The van der Waals surface area contributed by atoms with Gasteiger partial charge in [-0.15, -0.1) is 0 Å². The van der Waals surface area contributed by atoms with E-state index in [9.17, 15) is 4.79 Å². The molecule has 2 atom stereocenters. The Hall–Kier alpha value is -0.970. The smallest absolute Gasteiger partial charge is 0.272 e. The second-order valence-electron chi connectivity index (χ2n) is 3.77. The molecular weight excluding hydrogens is 198 g/mol. The van der Waals surface area contributed by atoms with Gasteiger partial charge in [0.1, 0.15) is 5.69 Å². The number of carbonyl (C=O) groups excluding carboxylic acids is 1. The first-order valence-corrected chi connectivity index (χ1v) is 5.81. The first-order chi connectivity index (χ1) is 6.84. The van der Waals surface area contributed by atoms with Gasteiger partial charge in [-0.25, -0.2) is 0 Å². The topological polar surface area (TPSA) is 49.0 Å². The fraction of sp³-hybridized carbons (Fsp3) is 0.556. The molecule has 1 aromatic heterocycles. The van der Waals surface area contributed by atoms with Crippen LogP contribution in [-0.2, 0) is 0 Å². The van der Waals surface area contributed by atoms with E-state index in [1.54, 1.807) is 12.3 Å². The molecule has 74 valence electrons. The number of thioether (sulfide) groups is 1. The van der Waals surface area contributed by atoms with E-state index in [-0.39, 0.29) is 5.91 Å². The minimum absolute atomic E-state index is 0.107. The summed E-state index contributed by atoms with van der Waals surface area (Å²) in [6.07, 6.45) is 2.79. The molecule has 0 aliphatic carbocycles. The zero-order valence-corrected chi connectivity index (χ0v) is 8.46. The van der Waals surface area contributed by atoms with Gasteiger partial charge in [0.25, 0.3) is 5.91 Å². The van der Waals surface area contributed by atoms with Crippen molar-refractivity contribution in [1.29, 1.82) is 0 Å². The second-order valence-corrected chi connectivity index (χ2v) is 5.11. The van der Waals surface area contributed by atoms with Crippen LogP contribution in [0.1, 0.15) is 16.9 Å². The Kier molecular flexibility index (Phi) is 1.80. The third-order valence-corrected chi connectivity index (χ3v) is 4.28. The molecule has 2 bridgehead atoms. The van der Waals surface area contributed by atoms with Crippen molar-refractivity contribution in [1.82, 2.24) is 15.1 Å². The predicted molar refractivity (Wildman–Crippen MR) is 54.3 cm³/mol. The molecule has 3 rings (SSSR count). The van der Waals surface area contributed by atoms with E-state index < -0.39 is 0 Å². The number of amides is 1. The lowest BCUT2D eigenvalue weighted by molar-refractivity contribution is 0.0741. The van der Waals surface area contributed by atoms with E-state index in [2.05, 4.69) is 10.2 Å². The molecule has 5 heteroatoms. The lowest BCUT2D eigenvalue weighted by Crippen LogP contribution is -2.39. The standard InChI is InChI=1S/C9H11N3OS/c13-9(8-1-2-10-11-8)12-4-7-3-6(12)5-14-7/h1-2,6-7H,3-5H2,(H,10,11)/t6-,7+/m0/s1. The fourth-order valence-corrected chi connectivity index (χ4v) is 3.61. The van der Waals surface area contributed by atoms with Crippen LogP contribution in [0.3, 0.4) is 0 Å². The average molecular weight is 209 g/mol. The lowest BCUT2D eigenvalue weighted by Gasteiger charge is -2.25. The number of fused-ring (bicyclic) bond motifs is 2. The van der Waals surface area contributed by atoms with Crippen molar-refractivity contribution >= 4 is 17.7 Å².